The third-order valence-corrected chi connectivity index (χ3v) is 4.53. The summed E-state index contributed by atoms with van der Waals surface area (Å²) in [6, 6.07) is 2.19. The molecule has 2 aromatic rings. The Morgan fingerprint density at radius 1 is 1.24 bits per heavy atom. The molecular formula is C14H24N6S. The second kappa shape index (κ2) is 7.02. The largest absolute Gasteiger partial charge is 0.359 e. The third kappa shape index (κ3) is 3.81. The smallest absolute Gasteiger partial charge is 0.240 e. The number of hydrogen-bond donors (Lipinski definition) is 2. The zero-order valence-corrected chi connectivity index (χ0v) is 14.0. The molecule has 0 saturated carbocycles. The summed E-state index contributed by atoms with van der Waals surface area (Å²) in [7, 11) is 6.25. The molecule has 0 aliphatic heterocycles. The summed E-state index contributed by atoms with van der Waals surface area (Å²) < 4.78 is 0. The van der Waals surface area contributed by atoms with Crippen molar-refractivity contribution >= 4 is 33.3 Å². The maximum Gasteiger partial charge on any atom is 0.240 e. The minimum atomic E-state index is 0.474. The highest BCUT2D eigenvalue weighted by Crippen LogP contribution is 2.31. The lowest BCUT2D eigenvalue weighted by Gasteiger charge is -2.20. The van der Waals surface area contributed by atoms with Crippen molar-refractivity contribution in [3.8, 4) is 0 Å². The molecule has 0 unspecified atom stereocenters. The van der Waals surface area contributed by atoms with E-state index in [9.17, 15) is 0 Å². The fourth-order valence-electron chi connectivity index (χ4n) is 2.22. The van der Waals surface area contributed by atoms with E-state index in [-0.39, 0.29) is 0 Å². The van der Waals surface area contributed by atoms with E-state index in [1.165, 1.54) is 4.88 Å². The molecule has 0 spiro atoms. The van der Waals surface area contributed by atoms with Crippen LogP contribution in [0.25, 0.3) is 10.2 Å². The highest BCUT2D eigenvalue weighted by atomic mass is 32.1. The van der Waals surface area contributed by atoms with Gasteiger partial charge in [0.2, 0.25) is 5.95 Å². The van der Waals surface area contributed by atoms with Gasteiger partial charge in [0.1, 0.15) is 10.6 Å². The number of aryl methyl sites for hydroxylation is 1. The van der Waals surface area contributed by atoms with Gasteiger partial charge in [0.25, 0.3) is 0 Å². The average molecular weight is 308 g/mol. The molecule has 2 rings (SSSR count). The van der Waals surface area contributed by atoms with E-state index in [0.29, 0.717) is 5.95 Å². The zero-order chi connectivity index (χ0) is 15.4. The summed E-state index contributed by atoms with van der Waals surface area (Å²) in [5.41, 5.74) is 2.57. The van der Waals surface area contributed by atoms with Gasteiger partial charge in [-0.3, -0.25) is 5.43 Å². The van der Waals surface area contributed by atoms with E-state index in [1.54, 1.807) is 11.3 Å². The minimum Gasteiger partial charge on any atom is -0.359 e. The second-order valence-electron chi connectivity index (χ2n) is 5.38. The number of aromatic nitrogens is 2. The summed E-state index contributed by atoms with van der Waals surface area (Å²) in [4.78, 5) is 15.7. The standard InChI is InChI=1S/C14H24N6S/c1-5-10-9-11-12(20(4)8-6-7-19(2)3)16-14(18-15)17-13(11)21-10/h9H,5-8,15H2,1-4H3,(H,16,17,18). The molecule has 2 heterocycles. The van der Waals surface area contributed by atoms with E-state index >= 15 is 0 Å². The van der Waals surface area contributed by atoms with Crippen LogP contribution >= 0.6 is 11.3 Å². The van der Waals surface area contributed by atoms with Gasteiger partial charge in [-0.1, -0.05) is 6.92 Å². The summed E-state index contributed by atoms with van der Waals surface area (Å²) in [6.45, 7) is 4.16. The van der Waals surface area contributed by atoms with Crippen LogP contribution in [-0.4, -0.2) is 49.1 Å². The number of rotatable bonds is 7. The minimum absolute atomic E-state index is 0.474. The molecule has 116 valence electrons. The lowest BCUT2D eigenvalue weighted by atomic mass is 10.3. The van der Waals surface area contributed by atoms with Gasteiger partial charge in [0.15, 0.2) is 0 Å². The van der Waals surface area contributed by atoms with Gasteiger partial charge < -0.3 is 9.80 Å². The molecule has 6 nitrogen and oxygen atoms in total. The summed E-state index contributed by atoms with van der Waals surface area (Å²) in [5, 5.41) is 1.11. The topological polar surface area (TPSA) is 70.3 Å². The molecule has 0 bridgehead atoms. The van der Waals surface area contributed by atoms with Gasteiger partial charge in [-0.2, -0.15) is 4.98 Å². The van der Waals surface area contributed by atoms with Crippen LogP contribution in [0.15, 0.2) is 6.07 Å². The van der Waals surface area contributed by atoms with Crippen LogP contribution in [-0.2, 0) is 6.42 Å². The van der Waals surface area contributed by atoms with Crippen molar-refractivity contribution in [2.45, 2.75) is 19.8 Å². The molecule has 0 atom stereocenters. The number of nitrogens with two attached hydrogens (primary N) is 1. The molecule has 0 aliphatic carbocycles. The fourth-order valence-corrected chi connectivity index (χ4v) is 3.18. The molecule has 0 saturated heterocycles. The number of nitrogens with one attached hydrogen (secondary N) is 1. The van der Waals surface area contributed by atoms with Crippen LogP contribution < -0.4 is 16.2 Å². The van der Waals surface area contributed by atoms with Crippen molar-refractivity contribution in [1.82, 2.24) is 14.9 Å². The Bertz CT molecular complexity index is 594. The highest BCUT2D eigenvalue weighted by molar-refractivity contribution is 7.18. The Labute approximate surface area is 129 Å². The van der Waals surface area contributed by atoms with E-state index in [2.05, 4.69) is 59.3 Å². The van der Waals surface area contributed by atoms with Crippen molar-refractivity contribution in [3.63, 3.8) is 0 Å². The zero-order valence-electron chi connectivity index (χ0n) is 13.2. The number of nitrogen functional groups attached to an aromatic ring is 1. The Morgan fingerprint density at radius 3 is 2.62 bits per heavy atom. The van der Waals surface area contributed by atoms with Crippen LogP contribution in [0.5, 0.6) is 0 Å². The first-order valence-electron chi connectivity index (χ1n) is 7.18. The number of thiophene rings is 1. The van der Waals surface area contributed by atoms with Crippen LogP contribution in [0.1, 0.15) is 18.2 Å². The van der Waals surface area contributed by atoms with Crippen LogP contribution in [0, 0.1) is 0 Å². The van der Waals surface area contributed by atoms with Crippen molar-refractivity contribution in [2.24, 2.45) is 5.84 Å². The first-order valence-corrected chi connectivity index (χ1v) is 7.99. The summed E-state index contributed by atoms with van der Waals surface area (Å²) >= 11 is 1.71. The molecule has 2 aromatic heterocycles. The highest BCUT2D eigenvalue weighted by Gasteiger charge is 2.14. The van der Waals surface area contributed by atoms with Gasteiger partial charge >= 0.3 is 0 Å². The second-order valence-corrected chi connectivity index (χ2v) is 6.49. The Hall–Kier alpha value is -1.44. The molecule has 21 heavy (non-hydrogen) atoms. The van der Waals surface area contributed by atoms with Gasteiger partial charge in [-0.05, 0) is 39.5 Å². The predicted octanol–water partition coefficient (Wildman–Crippen LogP) is 1.93. The maximum absolute atomic E-state index is 5.49. The lowest BCUT2D eigenvalue weighted by Crippen LogP contribution is -2.24. The molecule has 0 amide bonds. The van der Waals surface area contributed by atoms with Crippen molar-refractivity contribution in [3.05, 3.63) is 10.9 Å². The first kappa shape index (κ1) is 15.9. The predicted molar refractivity (Wildman–Crippen MR) is 91.0 cm³/mol. The SMILES string of the molecule is CCc1cc2c(N(C)CCCN(C)C)nc(NN)nc2s1. The Kier molecular flexibility index (Phi) is 5.33. The number of hydrogen-bond acceptors (Lipinski definition) is 7. The maximum atomic E-state index is 5.49. The molecule has 3 N–H and O–H groups in total. The monoisotopic (exact) mass is 308 g/mol. The molecular weight excluding hydrogens is 284 g/mol. The average Bonchev–Trinajstić information content (AvgIpc) is 2.88. The molecule has 0 aromatic carbocycles. The fraction of sp³-hybridized carbons (Fsp3) is 0.571. The van der Waals surface area contributed by atoms with Crippen molar-refractivity contribution in [1.29, 1.82) is 0 Å². The lowest BCUT2D eigenvalue weighted by molar-refractivity contribution is 0.401. The van der Waals surface area contributed by atoms with Gasteiger partial charge in [-0.25, -0.2) is 10.8 Å². The molecule has 7 heteroatoms. The number of fused-ring (bicyclic) bond motifs is 1. The van der Waals surface area contributed by atoms with Gasteiger partial charge in [0.05, 0.1) is 5.39 Å². The normalized spacial score (nSPS) is 11.3. The first-order chi connectivity index (χ1) is 10.0. The van der Waals surface area contributed by atoms with E-state index in [4.69, 9.17) is 5.84 Å². The molecule has 0 radical (unpaired) electrons. The van der Waals surface area contributed by atoms with Crippen LogP contribution in [0.2, 0.25) is 0 Å². The van der Waals surface area contributed by atoms with Crippen LogP contribution in [0.4, 0.5) is 11.8 Å². The quantitative estimate of drug-likeness (QED) is 0.601. The number of nitrogens with zero attached hydrogens (tertiary/aromatic N) is 4. The van der Waals surface area contributed by atoms with Crippen molar-refractivity contribution in [2.75, 3.05) is 44.6 Å². The van der Waals surface area contributed by atoms with E-state index < -0.39 is 0 Å². The van der Waals surface area contributed by atoms with E-state index in [0.717, 1.165) is 42.0 Å². The molecule has 0 fully saturated rings. The van der Waals surface area contributed by atoms with Gasteiger partial charge in [-0.15, -0.1) is 11.3 Å². The Morgan fingerprint density at radius 2 is 2.00 bits per heavy atom. The summed E-state index contributed by atoms with van der Waals surface area (Å²) in [5.74, 6) is 6.91. The Balaban J connectivity index is 2.29. The number of anilines is 2. The molecule has 0 aliphatic rings. The van der Waals surface area contributed by atoms with E-state index in [1.807, 2.05) is 0 Å². The summed E-state index contributed by atoms with van der Waals surface area (Å²) in [6.07, 6.45) is 2.10. The third-order valence-electron chi connectivity index (χ3n) is 3.36. The van der Waals surface area contributed by atoms with Gasteiger partial charge in [0, 0.05) is 18.5 Å². The van der Waals surface area contributed by atoms with Crippen molar-refractivity contribution < 1.29 is 0 Å². The number of hydrazine groups is 1. The van der Waals surface area contributed by atoms with Crippen LogP contribution in [0.3, 0.4) is 0 Å².